The average molecular weight is 464 g/mol. The molecule has 176 valence electrons. The number of aryl methyl sites for hydroxylation is 1. The van der Waals surface area contributed by atoms with E-state index in [1.54, 1.807) is 0 Å². The van der Waals surface area contributed by atoms with Crippen LogP contribution in [0.3, 0.4) is 0 Å². The molecule has 5 nitrogen and oxygen atoms in total. The molecule has 0 bridgehead atoms. The number of carbonyl (C=O) groups is 2. The minimum atomic E-state index is -1.05. The molecule has 1 N–H and O–H groups in total. The van der Waals surface area contributed by atoms with Gasteiger partial charge >= 0.3 is 6.03 Å². The summed E-state index contributed by atoms with van der Waals surface area (Å²) in [4.78, 5) is 30.7. The molecule has 1 aliphatic heterocycles. The molecule has 5 heteroatoms. The van der Waals surface area contributed by atoms with Gasteiger partial charge in [-0.15, -0.1) is 6.42 Å². The number of benzene rings is 3. The first kappa shape index (κ1) is 22.9. The van der Waals surface area contributed by atoms with Crippen molar-refractivity contribution in [1.29, 1.82) is 0 Å². The Labute approximate surface area is 206 Å². The number of hydrogen-bond acceptors (Lipinski definition) is 3. The standard InChI is InChI=1S/C30H29N3O2/c1-2-19-32(27-18-17-25-15-9-10-16-26(25)27)22-33-28(34)30(31-29(33)35,20-23-11-5-3-6-12-23)21-24-13-7-4-8-14-24/h1,3-16,27H,17-22H2,(H,31,35). The third kappa shape index (κ3) is 4.58. The number of hydrogen-bond donors (Lipinski definition) is 1. The average Bonchev–Trinajstić information content (AvgIpc) is 3.40. The van der Waals surface area contributed by atoms with Gasteiger partial charge in [0.1, 0.15) is 5.54 Å². The van der Waals surface area contributed by atoms with E-state index >= 15 is 0 Å². The first-order chi connectivity index (χ1) is 17.1. The number of fused-ring (bicyclic) bond motifs is 1. The van der Waals surface area contributed by atoms with Crippen LogP contribution in [-0.2, 0) is 24.1 Å². The molecule has 1 unspecified atom stereocenters. The fourth-order valence-corrected chi connectivity index (χ4v) is 5.47. The van der Waals surface area contributed by atoms with E-state index in [-0.39, 0.29) is 24.6 Å². The third-order valence-corrected chi connectivity index (χ3v) is 7.10. The van der Waals surface area contributed by atoms with Gasteiger partial charge in [-0.25, -0.2) is 9.69 Å². The lowest BCUT2D eigenvalue weighted by molar-refractivity contribution is -0.133. The van der Waals surface area contributed by atoms with Gasteiger partial charge in [0.2, 0.25) is 0 Å². The second-order valence-electron chi connectivity index (χ2n) is 9.42. The number of carbonyl (C=O) groups excluding carboxylic acids is 2. The molecule has 0 aromatic heterocycles. The van der Waals surface area contributed by atoms with Crippen molar-refractivity contribution < 1.29 is 9.59 Å². The van der Waals surface area contributed by atoms with Crippen molar-refractivity contribution in [3.63, 3.8) is 0 Å². The molecule has 1 saturated heterocycles. The van der Waals surface area contributed by atoms with Crippen LogP contribution in [0.25, 0.3) is 0 Å². The lowest BCUT2D eigenvalue weighted by Gasteiger charge is -2.32. The van der Waals surface area contributed by atoms with Gasteiger partial charge in [-0.2, -0.15) is 0 Å². The molecule has 1 heterocycles. The van der Waals surface area contributed by atoms with Crippen molar-refractivity contribution in [2.75, 3.05) is 13.2 Å². The highest BCUT2D eigenvalue weighted by molar-refractivity contribution is 6.07. The van der Waals surface area contributed by atoms with Crippen LogP contribution in [0.5, 0.6) is 0 Å². The van der Waals surface area contributed by atoms with E-state index in [0.29, 0.717) is 19.4 Å². The lowest BCUT2D eigenvalue weighted by atomic mass is 9.84. The van der Waals surface area contributed by atoms with E-state index in [1.807, 2.05) is 72.8 Å². The zero-order chi connectivity index (χ0) is 24.3. The Morgan fingerprint density at radius 3 is 2.14 bits per heavy atom. The van der Waals surface area contributed by atoms with Gasteiger partial charge in [0.25, 0.3) is 5.91 Å². The Morgan fingerprint density at radius 1 is 0.914 bits per heavy atom. The van der Waals surface area contributed by atoms with Crippen LogP contribution in [0.4, 0.5) is 4.79 Å². The molecule has 1 aliphatic carbocycles. The predicted molar refractivity (Wildman–Crippen MR) is 136 cm³/mol. The minimum Gasteiger partial charge on any atom is -0.322 e. The molecule has 5 rings (SSSR count). The summed E-state index contributed by atoms with van der Waals surface area (Å²) in [6, 6.07) is 27.8. The molecular formula is C30H29N3O2. The zero-order valence-electron chi connectivity index (χ0n) is 19.7. The van der Waals surface area contributed by atoms with Gasteiger partial charge in [0.05, 0.1) is 13.2 Å². The maximum atomic E-state index is 14.0. The minimum absolute atomic E-state index is 0.0843. The number of urea groups is 1. The quantitative estimate of drug-likeness (QED) is 0.399. The van der Waals surface area contributed by atoms with Crippen LogP contribution in [0.1, 0.15) is 34.7 Å². The zero-order valence-corrected chi connectivity index (χ0v) is 19.7. The van der Waals surface area contributed by atoms with Gasteiger partial charge in [-0.1, -0.05) is 90.8 Å². The van der Waals surface area contributed by atoms with E-state index in [4.69, 9.17) is 6.42 Å². The molecule has 1 fully saturated rings. The van der Waals surface area contributed by atoms with Crippen LogP contribution >= 0.6 is 0 Å². The summed E-state index contributed by atoms with van der Waals surface area (Å²) < 4.78 is 0. The largest absolute Gasteiger partial charge is 0.326 e. The molecule has 1 atom stereocenters. The second kappa shape index (κ2) is 9.77. The van der Waals surface area contributed by atoms with Crippen molar-refractivity contribution in [2.24, 2.45) is 0 Å². The number of rotatable bonds is 8. The SMILES string of the molecule is C#CCN(CN1C(=O)NC(Cc2ccccc2)(Cc2ccccc2)C1=O)C1CCc2ccccc21. The van der Waals surface area contributed by atoms with Crippen LogP contribution in [0, 0.1) is 12.3 Å². The number of nitrogens with one attached hydrogen (secondary N) is 1. The monoisotopic (exact) mass is 463 g/mol. The van der Waals surface area contributed by atoms with E-state index in [0.717, 1.165) is 24.0 Å². The first-order valence-electron chi connectivity index (χ1n) is 12.1. The van der Waals surface area contributed by atoms with Gasteiger partial charge in [0.15, 0.2) is 0 Å². The summed E-state index contributed by atoms with van der Waals surface area (Å²) in [5.41, 5.74) is 3.50. The molecule has 35 heavy (non-hydrogen) atoms. The predicted octanol–water partition coefficient (Wildman–Crippen LogP) is 4.34. The van der Waals surface area contributed by atoms with Gasteiger partial charge < -0.3 is 5.32 Å². The van der Waals surface area contributed by atoms with Crippen molar-refractivity contribution in [3.8, 4) is 12.3 Å². The highest BCUT2D eigenvalue weighted by atomic mass is 16.2. The van der Waals surface area contributed by atoms with Crippen molar-refractivity contribution in [2.45, 2.75) is 37.3 Å². The number of terminal acetylenes is 1. The smallest absolute Gasteiger partial charge is 0.322 e. The van der Waals surface area contributed by atoms with E-state index in [9.17, 15) is 9.59 Å². The molecule has 0 spiro atoms. The normalized spacial score (nSPS) is 18.4. The Kier molecular flexibility index (Phi) is 6.39. The van der Waals surface area contributed by atoms with E-state index in [2.05, 4.69) is 28.3 Å². The number of amides is 3. The molecule has 0 saturated carbocycles. The van der Waals surface area contributed by atoms with Crippen LogP contribution in [0.2, 0.25) is 0 Å². The fourth-order valence-electron chi connectivity index (χ4n) is 5.47. The van der Waals surface area contributed by atoms with Crippen molar-refractivity contribution in [3.05, 3.63) is 107 Å². The van der Waals surface area contributed by atoms with Gasteiger partial charge in [-0.3, -0.25) is 9.69 Å². The lowest BCUT2D eigenvalue weighted by Crippen LogP contribution is -2.51. The summed E-state index contributed by atoms with van der Waals surface area (Å²) in [6.45, 7) is 0.527. The molecule has 3 aromatic rings. The highest BCUT2D eigenvalue weighted by Gasteiger charge is 2.51. The Hall–Kier alpha value is -3.88. The Bertz CT molecular complexity index is 1210. The third-order valence-electron chi connectivity index (χ3n) is 7.10. The van der Waals surface area contributed by atoms with Crippen molar-refractivity contribution in [1.82, 2.24) is 15.1 Å². The maximum absolute atomic E-state index is 14.0. The fraction of sp³-hybridized carbons (Fsp3) is 0.267. The number of nitrogens with zero attached hydrogens (tertiary/aromatic N) is 2. The maximum Gasteiger partial charge on any atom is 0.326 e. The van der Waals surface area contributed by atoms with Crippen LogP contribution < -0.4 is 5.32 Å². The molecule has 3 aromatic carbocycles. The molecule has 2 aliphatic rings. The Morgan fingerprint density at radius 2 is 1.51 bits per heavy atom. The summed E-state index contributed by atoms with van der Waals surface area (Å²) in [5, 5.41) is 3.08. The first-order valence-corrected chi connectivity index (χ1v) is 12.1. The van der Waals surface area contributed by atoms with E-state index in [1.165, 1.54) is 16.0 Å². The summed E-state index contributed by atoms with van der Waals surface area (Å²) in [7, 11) is 0. The summed E-state index contributed by atoms with van der Waals surface area (Å²) >= 11 is 0. The summed E-state index contributed by atoms with van der Waals surface area (Å²) in [5.74, 6) is 2.53. The van der Waals surface area contributed by atoms with Crippen LogP contribution in [-0.4, -0.2) is 40.5 Å². The molecular weight excluding hydrogens is 434 g/mol. The van der Waals surface area contributed by atoms with Crippen LogP contribution in [0.15, 0.2) is 84.9 Å². The highest BCUT2D eigenvalue weighted by Crippen LogP contribution is 2.36. The number of imide groups is 1. The molecule has 0 radical (unpaired) electrons. The molecule has 3 amide bonds. The van der Waals surface area contributed by atoms with Gasteiger partial charge in [-0.05, 0) is 35.1 Å². The van der Waals surface area contributed by atoms with E-state index < -0.39 is 5.54 Å². The Balaban J connectivity index is 1.44. The topological polar surface area (TPSA) is 52.6 Å². The van der Waals surface area contributed by atoms with Crippen molar-refractivity contribution >= 4 is 11.9 Å². The summed E-state index contributed by atoms with van der Waals surface area (Å²) in [6.07, 6.45) is 8.45. The van der Waals surface area contributed by atoms with Gasteiger partial charge in [0, 0.05) is 18.9 Å². The second-order valence-corrected chi connectivity index (χ2v) is 9.42.